The number of nitrogens with zero attached hydrogens (tertiary/aromatic N) is 4. The molecule has 3 aromatic rings. The maximum atomic E-state index is 10.9. The van der Waals surface area contributed by atoms with Crippen LogP contribution in [-0.4, -0.2) is 53.8 Å². The minimum atomic E-state index is 0.375. The number of para-hydroxylation sites is 1. The minimum Gasteiger partial charge on any atom is -0.472 e. The van der Waals surface area contributed by atoms with Crippen molar-refractivity contribution in [1.29, 1.82) is 0 Å². The number of carbonyl (C=O) groups is 1. The standard InChI is InChI=1S/C30H36N4O3/c1-7-23(29-26(21-36-6)17-24-11-8-9-13-28(24)31-29)15-14-22(2)20-37-30-27(19-34(5)32-30)25(12-10-16-35)18-33(3)4/h8-19H,7,20-21H2,1-6H3/b12-10-,22-14+,23-15+,25-18?. The summed E-state index contributed by atoms with van der Waals surface area (Å²) in [6.45, 7) is 5.03. The molecule has 0 bridgehead atoms. The van der Waals surface area contributed by atoms with Gasteiger partial charge in [-0.05, 0) is 48.8 Å². The van der Waals surface area contributed by atoms with Gasteiger partial charge in [0.25, 0.3) is 0 Å². The fraction of sp³-hybridized carbons (Fsp3) is 0.300. The fourth-order valence-corrected chi connectivity index (χ4v) is 3.94. The van der Waals surface area contributed by atoms with E-state index in [0.717, 1.165) is 57.2 Å². The lowest BCUT2D eigenvalue weighted by Crippen LogP contribution is -2.04. The molecule has 0 N–H and O–H groups in total. The molecule has 0 atom stereocenters. The number of aryl methyl sites for hydroxylation is 1. The van der Waals surface area contributed by atoms with Crippen molar-refractivity contribution in [2.45, 2.75) is 26.9 Å². The van der Waals surface area contributed by atoms with Gasteiger partial charge in [0.15, 0.2) is 0 Å². The van der Waals surface area contributed by atoms with Gasteiger partial charge < -0.3 is 14.4 Å². The highest BCUT2D eigenvalue weighted by Crippen LogP contribution is 2.27. The Balaban J connectivity index is 1.86. The van der Waals surface area contributed by atoms with Gasteiger partial charge in [0.1, 0.15) is 12.9 Å². The molecule has 0 aliphatic carbocycles. The summed E-state index contributed by atoms with van der Waals surface area (Å²) in [4.78, 5) is 17.8. The first kappa shape index (κ1) is 27.6. The third-order valence-corrected chi connectivity index (χ3v) is 5.65. The van der Waals surface area contributed by atoms with Crippen molar-refractivity contribution in [2.75, 3.05) is 27.8 Å². The Labute approximate surface area is 219 Å². The number of hydrogen-bond acceptors (Lipinski definition) is 6. The molecule has 194 valence electrons. The SMILES string of the molecule is CC/C(=C\C=C(/C)COc1nn(C)cc1C(=CN(C)C)/C=C\C=O)c1nc2ccccc2cc1COC. The van der Waals surface area contributed by atoms with Gasteiger partial charge in [0.05, 0.1) is 23.4 Å². The van der Waals surface area contributed by atoms with Crippen LogP contribution in [0.3, 0.4) is 0 Å². The molecular weight excluding hydrogens is 464 g/mol. The Morgan fingerprint density at radius 1 is 1.19 bits per heavy atom. The topological polar surface area (TPSA) is 69.5 Å². The summed E-state index contributed by atoms with van der Waals surface area (Å²) < 4.78 is 13.3. The normalized spacial score (nSPS) is 13.0. The van der Waals surface area contributed by atoms with E-state index in [0.29, 0.717) is 19.1 Å². The summed E-state index contributed by atoms with van der Waals surface area (Å²) in [5.41, 5.74) is 6.82. The van der Waals surface area contributed by atoms with E-state index < -0.39 is 0 Å². The zero-order chi connectivity index (χ0) is 26.8. The van der Waals surface area contributed by atoms with Crippen LogP contribution in [0, 0.1) is 0 Å². The number of methoxy groups -OCH3 is 1. The third kappa shape index (κ3) is 7.51. The van der Waals surface area contributed by atoms with Crippen molar-refractivity contribution in [2.24, 2.45) is 7.05 Å². The first-order valence-electron chi connectivity index (χ1n) is 12.3. The van der Waals surface area contributed by atoms with E-state index in [-0.39, 0.29) is 0 Å². The van der Waals surface area contributed by atoms with Gasteiger partial charge in [-0.15, -0.1) is 5.10 Å². The Hall–Kier alpha value is -3.97. The molecule has 0 saturated carbocycles. The predicted molar refractivity (Wildman–Crippen MR) is 150 cm³/mol. The lowest BCUT2D eigenvalue weighted by atomic mass is 10.0. The molecule has 3 rings (SSSR count). The van der Waals surface area contributed by atoms with Crippen molar-refractivity contribution in [3.05, 3.63) is 89.4 Å². The largest absolute Gasteiger partial charge is 0.472 e. The number of aromatic nitrogens is 3. The van der Waals surface area contributed by atoms with E-state index in [4.69, 9.17) is 14.5 Å². The highest BCUT2D eigenvalue weighted by molar-refractivity contribution is 5.83. The number of rotatable bonds is 12. The van der Waals surface area contributed by atoms with Gasteiger partial charge in [-0.3, -0.25) is 9.48 Å². The Kier molecular flexibility index (Phi) is 9.98. The molecule has 37 heavy (non-hydrogen) atoms. The molecule has 7 heteroatoms. The molecule has 0 aliphatic heterocycles. The Morgan fingerprint density at radius 3 is 2.68 bits per heavy atom. The average molecular weight is 501 g/mol. The van der Waals surface area contributed by atoms with Gasteiger partial charge in [0, 0.05) is 57.2 Å². The fourth-order valence-electron chi connectivity index (χ4n) is 3.94. The molecule has 0 fully saturated rings. The number of ether oxygens (including phenoxy) is 2. The molecule has 1 aromatic carbocycles. The number of aldehydes is 1. The van der Waals surface area contributed by atoms with Crippen LogP contribution < -0.4 is 4.74 Å². The molecule has 0 aliphatic rings. The Bertz CT molecular complexity index is 1350. The van der Waals surface area contributed by atoms with Crippen molar-refractivity contribution in [1.82, 2.24) is 19.7 Å². The molecule has 0 spiro atoms. The molecule has 0 unspecified atom stereocenters. The van der Waals surface area contributed by atoms with E-state index in [9.17, 15) is 4.79 Å². The van der Waals surface area contributed by atoms with E-state index >= 15 is 0 Å². The van der Waals surface area contributed by atoms with Crippen LogP contribution in [-0.2, 0) is 23.2 Å². The van der Waals surface area contributed by atoms with Gasteiger partial charge in [-0.2, -0.15) is 0 Å². The number of fused-ring (bicyclic) bond motifs is 1. The summed E-state index contributed by atoms with van der Waals surface area (Å²) in [6, 6.07) is 10.3. The Morgan fingerprint density at radius 2 is 1.97 bits per heavy atom. The smallest absolute Gasteiger partial charge is 0.241 e. The maximum Gasteiger partial charge on any atom is 0.241 e. The molecule has 0 radical (unpaired) electrons. The van der Waals surface area contributed by atoms with E-state index in [1.165, 1.54) is 6.08 Å². The summed E-state index contributed by atoms with van der Waals surface area (Å²) in [6.07, 6.45) is 12.8. The van der Waals surface area contributed by atoms with Gasteiger partial charge in [-0.1, -0.05) is 37.3 Å². The number of carbonyl (C=O) groups excluding carboxylic acids is 1. The van der Waals surface area contributed by atoms with Crippen LogP contribution in [0.1, 0.15) is 37.1 Å². The van der Waals surface area contributed by atoms with Crippen LogP contribution in [0.2, 0.25) is 0 Å². The van der Waals surface area contributed by atoms with Crippen molar-refractivity contribution in [3.8, 4) is 5.88 Å². The molecule has 0 saturated heterocycles. The summed E-state index contributed by atoms with van der Waals surface area (Å²) in [7, 11) is 7.41. The van der Waals surface area contributed by atoms with Gasteiger partial charge in [-0.25, -0.2) is 4.98 Å². The lowest BCUT2D eigenvalue weighted by Gasteiger charge is -2.12. The van der Waals surface area contributed by atoms with Crippen LogP contribution in [0.4, 0.5) is 0 Å². The van der Waals surface area contributed by atoms with Crippen LogP contribution in [0.5, 0.6) is 5.88 Å². The zero-order valence-electron chi connectivity index (χ0n) is 22.6. The van der Waals surface area contributed by atoms with Crippen LogP contribution in [0.15, 0.2) is 72.6 Å². The van der Waals surface area contributed by atoms with E-state index in [1.54, 1.807) is 17.9 Å². The first-order chi connectivity index (χ1) is 17.9. The maximum absolute atomic E-state index is 10.9. The number of allylic oxidation sites excluding steroid dienone is 6. The first-order valence-corrected chi connectivity index (χ1v) is 12.3. The lowest BCUT2D eigenvalue weighted by molar-refractivity contribution is -0.104. The number of benzene rings is 1. The quantitative estimate of drug-likeness (QED) is 0.183. The molecule has 2 aromatic heterocycles. The molecular formula is C30H36N4O3. The van der Waals surface area contributed by atoms with Crippen LogP contribution >= 0.6 is 0 Å². The number of pyridine rings is 1. The molecule has 0 amide bonds. The monoisotopic (exact) mass is 500 g/mol. The number of hydrogen-bond donors (Lipinski definition) is 0. The van der Waals surface area contributed by atoms with Crippen molar-refractivity contribution in [3.63, 3.8) is 0 Å². The summed E-state index contributed by atoms with van der Waals surface area (Å²) >= 11 is 0. The van der Waals surface area contributed by atoms with E-state index in [1.807, 2.05) is 63.6 Å². The van der Waals surface area contributed by atoms with Crippen molar-refractivity contribution >= 4 is 28.3 Å². The van der Waals surface area contributed by atoms with Gasteiger partial charge >= 0.3 is 0 Å². The third-order valence-electron chi connectivity index (χ3n) is 5.65. The minimum absolute atomic E-state index is 0.375. The highest BCUT2D eigenvalue weighted by atomic mass is 16.5. The molecule has 7 nitrogen and oxygen atoms in total. The summed E-state index contributed by atoms with van der Waals surface area (Å²) in [5, 5.41) is 5.59. The molecule has 2 heterocycles. The second-order valence-corrected chi connectivity index (χ2v) is 9.03. The predicted octanol–water partition coefficient (Wildman–Crippen LogP) is 5.59. The van der Waals surface area contributed by atoms with E-state index in [2.05, 4.69) is 36.3 Å². The van der Waals surface area contributed by atoms with Crippen LogP contribution in [0.25, 0.3) is 22.0 Å². The second-order valence-electron chi connectivity index (χ2n) is 9.03. The zero-order valence-corrected chi connectivity index (χ0v) is 22.6. The second kappa shape index (κ2) is 13.4. The average Bonchev–Trinajstić information content (AvgIpc) is 3.26. The highest BCUT2D eigenvalue weighted by Gasteiger charge is 2.14. The van der Waals surface area contributed by atoms with Gasteiger partial charge in [0.2, 0.25) is 5.88 Å². The summed E-state index contributed by atoms with van der Waals surface area (Å²) in [5.74, 6) is 0.511. The van der Waals surface area contributed by atoms with Crippen molar-refractivity contribution < 1.29 is 14.3 Å².